The Morgan fingerprint density at radius 2 is 2.03 bits per heavy atom. The molecule has 0 spiro atoms. The van der Waals surface area contributed by atoms with Gasteiger partial charge in [0.25, 0.3) is 0 Å². The fourth-order valence-corrected chi connectivity index (χ4v) is 5.80. The third-order valence-corrected chi connectivity index (χ3v) is 8.03. The van der Waals surface area contributed by atoms with Crippen LogP contribution >= 0.6 is 11.6 Å². The summed E-state index contributed by atoms with van der Waals surface area (Å²) in [5, 5.41) is 5.58. The summed E-state index contributed by atoms with van der Waals surface area (Å²) in [4.78, 5) is 28.2. The van der Waals surface area contributed by atoms with Crippen LogP contribution in [0.2, 0.25) is 5.02 Å². The first-order chi connectivity index (χ1) is 18.6. The highest BCUT2D eigenvalue weighted by Crippen LogP contribution is 2.43. The van der Waals surface area contributed by atoms with Gasteiger partial charge in [-0.3, -0.25) is 4.72 Å². The summed E-state index contributed by atoms with van der Waals surface area (Å²) in [6.45, 7) is 1.98. The van der Waals surface area contributed by atoms with Crippen LogP contribution in [0, 0.1) is 11.7 Å². The minimum absolute atomic E-state index is 0.0468. The number of benzene rings is 1. The van der Waals surface area contributed by atoms with Gasteiger partial charge >= 0.3 is 6.09 Å². The molecule has 2 aliphatic carbocycles. The molecule has 2 saturated carbocycles. The van der Waals surface area contributed by atoms with Crippen LogP contribution in [0.5, 0.6) is 0 Å². The van der Waals surface area contributed by atoms with Crippen LogP contribution in [0.1, 0.15) is 44.3 Å². The molecule has 39 heavy (non-hydrogen) atoms. The predicted octanol–water partition coefficient (Wildman–Crippen LogP) is 4.51. The van der Waals surface area contributed by atoms with E-state index < -0.39 is 28.0 Å². The number of carbonyl (C=O) groups excluding carboxylic acids is 1. The van der Waals surface area contributed by atoms with Gasteiger partial charge in [-0.25, -0.2) is 32.6 Å². The summed E-state index contributed by atoms with van der Waals surface area (Å²) < 4.78 is 48.5. The number of aromatic nitrogens is 4. The lowest BCUT2D eigenvalue weighted by Crippen LogP contribution is -2.29. The van der Waals surface area contributed by atoms with Crippen molar-refractivity contribution in [3.63, 3.8) is 0 Å². The number of nitrogens with one attached hydrogen (secondary N) is 4. The van der Waals surface area contributed by atoms with Crippen LogP contribution in [0.25, 0.3) is 22.6 Å². The van der Waals surface area contributed by atoms with E-state index in [0.29, 0.717) is 17.2 Å². The fraction of sp³-hybridized carbons (Fsp3) is 0.440. The molecule has 2 heterocycles. The van der Waals surface area contributed by atoms with E-state index in [4.69, 9.17) is 16.3 Å². The molecule has 2 aromatic heterocycles. The van der Waals surface area contributed by atoms with Gasteiger partial charge in [-0.1, -0.05) is 11.6 Å². The number of halogens is 2. The lowest BCUT2D eigenvalue weighted by molar-refractivity contribution is 0.114. The molecule has 3 aromatic rings. The smallest absolute Gasteiger partial charge is 0.407 e. The number of nitrogens with zero attached hydrogens (tertiary/aromatic N) is 3. The molecular formula is C25H29ClFN7O4S. The number of aromatic amines is 1. The third-order valence-electron chi connectivity index (χ3n) is 6.37. The molecule has 0 bridgehead atoms. The van der Waals surface area contributed by atoms with E-state index in [9.17, 15) is 13.2 Å². The maximum absolute atomic E-state index is 15.8. The Kier molecular flexibility index (Phi) is 7.63. The van der Waals surface area contributed by atoms with Crippen molar-refractivity contribution in [2.75, 3.05) is 29.4 Å². The van der Waals surface area contributed by atoms with Gasteiger partial charge in [0.1, 0.15) is 17.6 Å². The van der Waals surface area contributed by atoms with Crippen molar-refractivity contribution in [3.8, 4) is 22.6 Å². The number of sulfonamides is 1. The van der Waals surface area contributed by atoms with E-state index >= 15 is 4.39 Å². The fourth-order valence-electron chi connectivity index (χ4n) is 4.06. The van der Waals surface area contributed by atoms with E-state index in [2.05, 4.69) is 35.3 Å². The van der Waals surface area contributed by atoms with E-state index in [1.165, 1.54) is 19.2 Å². The second kappa shape index (κ2) is 11.0. The van der Waals surface area contributed by atoms with Crippen molar-refractivity contribution in [2.24, 2.45) is 5.92 Å². The Hall–Kier alpha value is -3.45. The second-order valence-corrected chi connectivity index (χ2v) is 12.1. The average Bonchev–Trinajstić information content (AvgIpc) is 3.84. The van der Waals surface area contributed by atoms with Crippen molar-refractivity contribution in [1.82, 2.24) is 25.3 Å². The van der Waals surface area contributed by atoms with E-state index in [1.807, 2.05) is 0 Å². The molecule has 2 aliphatic rings. The lowest BCUT2D eigenvalue weighted by atomic mass is 10.1. The Balaban J connectivity index is 1.46. The van der Waals surface area contributed by atoms with Gasteiger partial charge in [-0.05, 0) is 56.7 Å². The van der Waals surface area contributed by atoms with E-state index in [-0.39, 0.29) is 52.0 Å². The topological polar surface area (TPSA) is 151 Å². The summed E-state index contributed by atoms with van der Waals surface area (Å²) >= 11 is 6.33. The van der Waals surface area contributed by atoms with Gasteiger partial charge in [0.2, 0.25) is 16.0 Å². The summed E-state index contributed by atoms with van der Waals surface area (Å²) in [5.41, 5.74) is 0.975. The molecule has 1 unspecified atom stereocenters. The zero-order chi connectivity index (χ0) is 27.7. The van der Waals surface area contributed by atoms with E-state index in [0.717, 1.165) is 25.7 Å². The molecule has 0 radical (unpaired) electrons. The van der Waals surface area contributed by atoms with Gasteiger partial charge in [0, 0.05) is 29.7 Å². The minimum atomic E-state index is -3.74. The molecule has 0 aliphatic heterocycles. The van der Waals surface area contributed by atoms with Crippen molar-refractivity contribution in [3.05, 3.63) is 41.1 Å². The van der Waals surface area contributed by atoms with E-state index in [1.54, 1.807) is 19.2 Å². The van der Waals surface area contributed by atoms with Crippen LogP contribution in [0.4, 0.5) is 20.8 Å². The van der Waals surface area contributed by atoms with Crippen molar-refractivity contribution in [1.29, 1.82) is 0 Å². The first-order valence-electron chi connectivity index (χ1n) is 12.7. The monoisotopic (exact) mass is 577 g/mol. The quantitative estimate of drug-likeness (QED) is 0.260. The largest absolute Gasteiger partial charge is 0.445 e. The summed E-state index contributed by atoms with van der Waals surface area (Å²) in [6, 6.07) is 4.34. The van der Waals surface area contributed by atoms with Gasteiger partial charge in [0.05, 0.1) is 29.4 Å². The molecule has 11 nitrogen and oxygen atoms in total. The number of ether oxygens (including phenoxy) is 1. The molecule has 208 valence electrons. The number of H-pyrrole nitrogens is 1. The highest BCUT2D eigenvalue weighted by molar-refractivity contribution is 7.92. The molecule has 2 fully saturated rings. The van der Waals surface area contributed by atoms with Crippen LogP contribution in [-0.4, -0.2) is 59.9 Å². The van der Waals surface area contributed by atoms with Crippen LogP contribution < -0.4 is 15.4 Å². The van der Waals surface area contributed by atoms with Crippen molar-refractivity contribution < 1.29 is 22.3 Å². The molecule has 14 heteroatoms. The maximum atomic E-state index is 15.8. The molecule has 4 N–H and O–H groups in total. The van der Waals surface area contributed by atoms with Gasteiger partial charge in [-0.2, -0.15) is 0 Å². The number of rotatable bonds is 11. The number of imidazole rings is 1. The summed E-state index contributed by atoms with van der Waals surface area (Å²) in [5.74, 6) is 0.448. The molecule has 5 rings (SSSR count). The molecular weight excluding hydrogens is 549 g/mol. The standard InChI is InChI=1S/C25H29ClFN7O4S/c1-13(38-25(35)28-2)11-30-24-29-8-7-18(31-24)22-21(32-23(33-22)15-5-6-15)17-9-16(26)10-19(20(17)27)34-39(36,37)12-14-3-4-14/h7-10,13-15,34H,3-6,11-12H2,1-2H3,(H,28,35)(H,32,33)(H,29,30,31). The molecule has 1 atom stereocenters. The highest BCUT2D eigenvalue weighted by Gasteiger charge is 2.31. The van der Waals surface area contributed by atoms with Gasteiger partial charge in [0.15, 0.2) is 5.82 Å². The third kappa shape index (κ3) is 6.77. The van der Waals surface area contributed by atoms with Crippen molar-refractivity contribution in [2.45, 2.75) is 44.6 Å². The molecule has 1 amide bonds. The number of alkyl carbamates (subject to hydrolysis) is 1. The average molecular weight is 578 g/mol. The molecule has 1 aromatic carbocycles. The lowest BCUT2D eigenvalue weighted by Gasteiger charge is -2.14. The Bertz CT molecular complexity index is 1490. The second-order valence-electron chi connectivity index (χ2n) is 9.87. The number of hydrogen-bond donors (Lipinski definition) is 4. The minimum Gasteiger partial charge on any atom is -0.445 e. The number of carbonyl (C=O) groups is 1. The summed E-state index contributed by atoms with van der Waals surface area (Å²) in [7, 11) is -2.27. The van der Waals surface area contributed by atoms with Crippen molar-refractivity contribution >= 4 is 39.4 Å². The number of hydrogen-bond acceptors (Lipinski definition) is 8. The zero-order valence-corrected chi connectivity index (χ0v) is 23.0. The van der Waals surface area contributed by atoms with Gasteiger partial charge < -0.3 is 20.4 Å². The Morgan fingerprint density at radius 1 is 1.26 bits per heavy atom. The first kappa shape index (κ1) is 27.1. The Labute approximate surface area is 230 Å². The highest BCUT2D eigenvalue weighted by atomic mass is 35.5. The van der Waals surface area contributed by atoms with Crippen LogP contribution in [-0.2, 0) is 14.8 Å². The van der Waals surface area contributed by atoms with Crippen LogP contribution in [0.3, 0.4) is 0 Å². The SMILES string of the molecule is CNC(=O)OC(C)CNc1nccc(-c2[nH]c(C3CC3)nc2-c2cc(Cl)cc(NS(=O)(=O)CC3CC3)c2F)n1. The number of anilines is 2. The van der Waals surface area contributed by atoms with Gasteiger partial charge in [-0.15, -0.1) is 0 Å². The van der Waals surface area contributed by atoms with Crippen LogP contribution in [0.15, 0.2) is 24.4 Å². The zero-order valence-electron chi connectivity index (χ0n) is 21.4. The first-order valence-corrected chi connectivity index (χ1v) is 14.7. The molecule has 0 saturated heterocycles. The predicted molar refractivity (Wildman–Crippen MR) is 146 cm³/mol. The summed E-state index contributed by atoms with van der Waals surface area (Å²) in [6.07, 6.45) is 4.14. The number of amides is 1. The normalized spacial score (nSPS) is 16.0. The maximum Gasteiger partial charge on any atom is 0.407 e. The Morgan fingerprint density at radius 3 is 2.72 bits per heavy atom.